The van der Waals surface area contributed by atoms with E-state index in [4.69, 9.17) is 9.47 Å². The number of fused-ring (bicyclic) bond motifs is 1. The molecule has 0 radical (unpaired) electrons. The van der Waals surface area contributed by atoms with Gasteiger partial charge in [-0.3, -0.25) is 0 Å². The van der Waals surface area contributed by atoms with Crippen molar-refractivity contribution in [2.45, 2.75) is 13.8 Å². The van der Waals surface area contributed by atoms with Crippen molar-refractivity contribution >= 4 is 17.0 Å². The van der Waals surface area contributed by atoms with E-state index < -0.39 is 11.6 Å². The quantitative estimate of drug-likeness (QED) is 0.441. The van der Waals surface area contributed by atoms with Crippen LogP contribution >= 0.6 is 0 Å². The second-order valence-corrected chi connectivity index (χ2v) is 7.73. The maximum absolute atomic E-state index is 14.5. The number of morpholine rings is 1. The second kappa shape index (κ2) is 10.5. The fourth-order valence-electron chi connectivity index (χ4n) is 3.49. The summed E-state index contributed by atoms with van der Waals surface area (Å²) in [5, 5.41) is 0.649. The van der Waals surface area contributed by atoms with Crippen LogP contribution in [0, 0.1) is 25.5 Å². The Hall–Kier alpha value is -3.72. The van der Waals surface area contributed by atoms with Crippen LogP contribution in [-0.2, 0) is 4.74 Å². The summed E-state index contributed by atoms with van der Waals surface area (Å²) in [6.07, 6.45) is 1.69. The van der Waals surface area contributed by atoms with Gasteiger partial charge in [-0.15, -0.1) is 0 Å². The normalized spacial score (nSPS) is 13.4. The van der Waals surface area contributed by atoms with Crippen LogP contribution in [0.5, 0.6) is 5.88 Å². The van der Waals surface area contributed by atoms with E-state index >= 15 is 0 Å². The van der Waals surface area contributed by atoms with Gasteiger partial charge in [-0.1, -0.05) is 6.07 Å². The van der Waals surface area contributed by atoms with Crippen LogP contribution in [0.3, 0.4) is 0 Å². The Bertz CT molecular complexity index is 1280. The summed E-state index contributed by atoms with van der Waals surface area (Å²) >= 11 is 0. The monoisotopic (exact) mass is 465 g/mol. The highest BCUT2D eigenvalue weighted by Crippen LogP contribution is 2.31. The van der Waals surface area contributed by atoms with Gasteiger partial charge in [-0.2, -0.15) is 4.98 Å². The first-order valence-electron chi connectivity index (χ1n) is 10.9. The van der Waals surface area contributed by atoms with Gasteiger partial charge in [0.25, 0.3) is 0 Å². The predicted octanol–water partition coefficient (Wildman–Crippen LogP) is 4.51. The van der Waals surface area contributed by atoms with E-state index in [1.807, 2.05) is 36.9 Å². The number of nitrogens with zero attached hydrogens (tertiary/aromatic N) is 5. The SMILES string of the molecule is COc1ccccn1.Cc1cc2c(-c3ccc(F)cc3F)nc(N3CCOCC3)nc2nc1C. The predicted molar refractivity (Wildman–Crippen MR) is 126 cm³/mol. The summed E-state index contributed by atoms with van der Waals surface area (Å²) < 4.78 is 38.0. The Balaban J connectivity index is 0.000000291. The molecule has 1 aromatic carbocycles. The molecule has 0 unspecified atom stereocenters. The zero-order chi connectivity index (χ0) is 24.1. The van der Waals surface area contributed by atoms with Crippen molar-refractivity contribution in [3.8, 4) is 17.1 Å². The number of aryl methyl sites for hydroxylation is 2. The lowest BCUT2D eigenvalue weighted by Gasteiger charge is -2.27. The summed E-state index contributed by atoms with van der Waals surface area (Å²) in [4.78, 5) is 19.6. The third-order valence-electron chi connectivity index (χ3n) is 5.45. The third kappa shape index (κ3) is 5.26. The number of anilines is 1. The van der Waals surface area contributed by atoms with Crippen LogP contribution < -0.4 is 9.64 Å². The fraction of sp³-hybridized carbons (Fsp3) is 0.280. The van der Waals surface area contributed by atoms with Crippen LogP contribution in [0.1, 0.15) is 11.3 Å². The summed E-state index contributed by atoms with van der Waals surface area (Å²) in [6.45, 7) is 6.32. The molecule has 0 saturated carbocycles. The molecule has 1 fully saturated rings. The first-order valence-corrected chi connectivity index (χ1v) is 10.9. The van der Waals surface area contributed by atoms with Crippen LogP contribution in [0.4, 0.5) is 14.7 Å². The molecule has 5 rings (SSSR count). The maximum Gasteiger partial charge on any atom is 0.228 e. The van der Waals surface area contributed by atoms with Gasteiger partial charge in [-0.25, -0.2) is 23.7 Å². The number of aromatic nitrogens is 4. The van der Waals surface area contributed by atoms with Crippen molar-refractivity contribution < 1.29 is 18.3 Å². The van der Waals surface area contributed by atoms with Gasteiger partial charge in [0, 0.05) is 48.1 Å². The number of hydrogen-bond acceptors (Lipinski definition) is 7. The molecule has 176 valence electrons. The average molecular weight is 466 g/mol. The number of pyridine rings is 2. The Morgan fingerprint density at radius 3 is 2.41 bits per heavy atom. The first kappa shape index (κ1) is 23.4. The highest BCUT2D eigenvalue weighted by Gasteiger charge is 2.20. The van der Waals surface area contributed by atoms with Gasteiger partial charge in [0.1, 0.15) is 11.6 Å². The zero-order valence-electron chi connectivity index (χ0n) is 19.3. The molecule has 0 N–H and O–H groups in total. The highest BCUT2D eigenvalue weighted by molar-refractivity contribution is 5.92. The molecule has 1 aliphatic rings. The molecular weight excluding hydrogens is 440 g/mol. The molecule has 4 aromatic rings. The van der Waals surface area contributed by atoms with Crippen molar-refractivity contribution in [2.24, 2.45) is 0 Å². The number of methoxy groups -OCH3 is 1. The van der Waals surface area contributed by atoms with Gasteiger partial charge < -0.3 is 14.4 Å². The van der Waals surface area contributed by atoms with Crippen LogP contribution in [0.15, 0.2) is 48.7 Å². The van der Waals surface area contributed by atoms with E-state index in [1.54, 1.807) is 19.4 Å². The topological polar surface area (TPSA) is 73.3 Å². The molecular formula is C25H25F2N5O2. The highest BCUT2D eigenvalue weighted by atomic mass is 19.1. The minimum Gasteiger partial charge on any atom is -0.481 e. The molecule has 0 spiro atoms. The van der Waals surface area contributed by atoms with Crippen LogP contribution in [0.25, 0.3) is 22.3 Å². The smallest absolute Gasteiger partial charge is 0.228 e. The van der Waals surface area contributed by atoms with Gasteiger partial charge in [0.15, 0.2) is 5.65 Å². The zero-order valence-corrected chi connectivity index (χ0v) is 19.3. The van der Waals surface area contributed by atoms with Crippen molar-refractivity contribution in [2.75, 3.05) is 38.3 Å². The minimum atomic E-state index is -0.656. The van der Waals surface area contributed by atoms with E-state index in [-0.39, 0.29) is 5.56 Å². The van der Waals surface area contributed by atoms with Crippen molar-refractivity contribution in [1.29, 1.82) is 0 Å². The van der Waals surface area contributed by atoms with Gasteiger partial charge in [0.2, 0.25) is 11.8 Å². The Morgan fingerprint density at radius 2 is 1.76 bits per heavy atom. The van der Waals surface area contributed by atoms with Gasteiger partial charge in [-0.05, 0) is 43.7 Å². The summed E-state index contributed by atoms with van der Waals surface area (Å²) in [6, 6.07) is 10.9. The molecule has 3 aromatic heterocycles. The number of rotatable bonds is 3. The average Bonchev–Trinajstić information content (AvgIpc) is 2.86. The lowest BCUT2D eigenvalue weighted by atomic mass is 10.1. The Kier molecular flexibility index (Phi) is 7.22. The van der Waals surface area contributed by atoms with E-state index in [2.05, 4.69) is 19.9 Å². The molecule has 0 bridgehead atoms. The molecule has 34 heavy (non-hydrogen) atoms. The Labute approximate surface area is 196 Å². The molecule has 0 atom stereocenters. The maximum atomic E-state index is 14.5. The Morgan fingerprint density at radius 1 is 0.971 bits per heavy atom. The van der Waals surface area contributed by atoms with Crippen LogP contribution in [-0.4, -0.2) is 53.3 Å². The molecule has 9 heteroatoms. The molecule has 0 aliphatic carbocycles. The van der Waals surface area contributed by atoms with Gasteiger partial charge in [0.05, 0.1) is 26.0 Å². The fourth-order valence-corrected chi connectivity index (χ4v) is 3.49. The molecule has 4 heterocycles. The van der Waals surface area contributed by atoms with E-state index in [1.165, 1.54) is 12.1 Å². The van der Waals surface area contributed by atoms with Crippen molar-refractivity contribution in [3.63, 3.8) is 0 Å². The number of ether oxygens (including phenoxy) is 2. The minimum absolute atomic E-state index is 0.235. The van der Waals surface area contributed by atoms with E-state index in [0.717, 1.165) is 17.3 Å². The molecule has 7 nitrogen and oxygen atoms in total. The molecule has 1 saturated heterocycles. The van der Waals surface area contributed by atoms with Crippen molar-refractivity contribution in [3.05, 3.63) is 71.6 Å². The van der Waals surface area contributed by atoms with Crippen LogP contribution in [0.2, 0.25) is 0 Å². The second-order valence-electron chi connectivity index (χ2n) is 7.73. The molecule has 1 aliphatic heterocycles. The third-order valence-corrected chi connectivity index (χ3v) is 5.45. The van der Waals surface area contributed by atoms with Gasteiger partial charge >= 0.3 is 0 Å². The first-order chi connectivity index (χ1) is 16.5. The summed E-state index contributed by atoms with van der Waals surface area (Å²) in [5.74, 6) is -0.137. The standard InChI is InChI=1S/C19H18F2N4O.C6H7NO/c1-11-9-15-17(14-4-3-13(20)10-16(14)21)23-19(24-18(15)22-12(11)2)25-5-7-26-8-6-25;1-8-6-4-2-3-5-7-6/h3-4,9-10H,5-8H2,1-2H3;2-5H,1H3. The van der Waals surface area contributed by atoms with E-state index in [9.17, 15) is 8.78 Å². The summed E-state index contributed by atoms with van der Waals surface area (Å²) in [7, 11) is 1.60. The van der Waals surface area contributed by atoms with E-state index in [0.29, 0.717) is 54.9 Å². The van der Waals surface area contributed by atoms with Crippen molar-refractivity contribution in [1.82, 2.24) is 19.9 Å². The lowest BCUT2D eigenvalue weighted by molar-refractivity contribution is 0.122. The number of benzene rings is 1. The summed E-state index contributed by atoms with van der Waals surface area (Å²) in [5.41, 5.74) is 2.98. The lowest BCUT2D eigenvalue weighted by Crippen LogP contribution is -2.37. The molecule has 0 amide bonds. The number of hydrogen-bond donors (Lipinski definition) is 0. The largest absolute Gasteiger partial charge is 0.481 e. The number of halogens is 2.